The van der Waals surface area contributed by atoms with E-state index in [1.165, 1.54) is 0 Å². The predicted molar refractivity (Wildman–Crippen MR) is 67.8 cm³/mol. The van der Waals surface area contributed by atoms with Crippen molar-refractivity contribution in [1.82, 2.24) is 4.98 Å². The maximum atomic E-state index is 12.1. The predicted octanol–water partition coefficient (Wildman–Crippen LogP) is 2.27. The summed E-state index contributed by atoms with van der Waals surface area (Å²) in [4.78, 5) is 16.0. The standard InChI is InChI=1S/C14H12N2O2/c17-14(18-10-4-7-15-8-5-10)12-2-1-3-13-11(12)6-9-16-13/h1-5,7-8,16H,6,9H2. The van der Waals surface area contributed by atoms with Crippen LogP contribution in [0.4, 0.5) is 5.69 Å². The molecule has 4 nitrogen and oxygen atoms in total. The summed E-state index contributed by atoms with van der Waals surface area (Å²) >= 11 is 0. The van der Waals surface area contributed by atoms with E-state index in [4.69, 9.17) is 4.74 Å². The van der Waals surface area contributed by atoms with E-state index in [9.17, 15) is 4.79 Å². The van der Waals surface area contributed by atoms with Crippen LogP contribution in [-0.2, 0) is 6.42 Å². The van der Waals surface area contributed by atoms with Gasteiger partial charge in [0.1, 0.15) is 5.75 Å². The van der Waals surface area contributed by atoms with Gasteiger partial charge in [-0.15, -0.1) is 0 Å². The van der Waals surface area contributed by atoms with Gasteiger partial charge in [-0.1, -0.05) is 6.07 Å². The Bertz CT molecular complexity index is 582. The molecule has 0 saturated heterocycles. The van der Waals surface area contributed by atoms with E-state index in [1.54, 1.807) is 30.6 Å². The summed E-state index contributed by atoms with van der Waals surface area (Å²) in [5.41, 5.74) is 2.70. The number of aromatic nitrogens is 1. The van der Waals surface area contributed by atoms with E-state index < -0.39 is 0 Å². The van der Waals surface area contributed by atoms with Gasteiger partial charge in [0.2, 0.25) is 0 Å². The first-order valence-corrected chi connectivity index (χ1v) is 5.82. The molecule has 0 saturated carbocycles. The van der Waals surface area contributed by atoms with Crippen molar-refractivity contribution in [3.63, 3.8) is 0 Å². The average molecular weight is 240 g/mol. The molecule has 3 rings (SSSR count). The number of carbonyl (C=O) groups excluding carboxylic acids is 1. The second-order valence-electron chi connectivity index (χ2n) is 4.08. The third-order valence-electron chi connectivity index (χ3n) is 2.95. The number of carbonyl (C=O) groups is 1. The van der Waals surface area contributed by atoms with Crippen LogP contribution in [0.3, 0.4) is 0 Å². The highest BCUT2D eigenvalue weighted by molar-refractivity contribution is 5.94. The molecular weight excluding hydrogens is 228 g/mol. The molecule has 2 aromatic rings. The highest BCUT2D eigenvalue weighted by Crippen LogP contribution is 2.26. The van der Waals surface area contributed by atoms with Gasteiger partial charge in [0, 0.05) is 24.6 Å². The lowest BCUT2D eigenvalue weighted by molar-refractivity contribution is 0.0734. The van der Waals surface area contributed by atoms with Crippen LogP contribution in [0.2, 0.25) is 0 Å². The Hall–Kier alpha value is -2.36. The Labute approximate surface area is 105 Å². The van der Waals surface area contributed by atoms with Crippen molar-refractivity contribution in [3.05, 3.63) is 53.9 Å². The Kier molecular flexibility index (Phi) is 2.68. The minimum absolute atomic E-state index is 0.318. The summed E-state index contributed by atoms with van der Waals surface area (Å²) < 4.78 is 5.32. The van der Waals surface area contributed by atoms with E-state index in [0.717, 1.165) is 24.2 Å². The van der Waals surface area contributed by atoms with Gasteiger partial charge in [-0.25, -0.2) is 4.79 Å². The van der Waals surface area contributed by atoms with Crippen molar-refractivity contribution in [1.29, 1.82) is 0 Å². The van der Waals surface area contributed by atoms with Crippen LogP contribution in [0, 0.1) is 0 Å². The molecule has 0 atom stereocenters. The molecular formula is C14H12N2O2. The first-order valence-electron chi connectivity index (χ1n) is 5.82. The quantitative estimate of drug-likeness (QED) is 0.818. The van der Waals surface area contributed by atoms with Crippen molar-refractivity contribution < 1.29 is 9.53 Å². The average Bonchev–Trinajstić information content (AvgIpc) is 2.87. The zero-order valence-corrected chi connectivity index (χ0v) is 9.72. The maximum absolute atomic E-state index is 12.1. The fourth-order valence-electron chi connectivity index (χ4n) is 2.10. The molecule has 0 aliphatic carbocycles. The summed E-state index contributed by atoms with van der Waals surface area (Å²) in [6.07, 6.45) is 4.05. The number of nitrogens with one attached hydrogen (secondary N) is 1. The zero-order valence-electron chi connectivity index (χ0n) is 9.72. The lowest BCUT2D eigenvalue weighted by atomic mass is 10.1. The number of anilines is 1. The topological polar surface area (TPSA) is 51.2 Å². The number of pyridine rings is 1. The molecule has 0 amide bonds. The number of esters is 1. The Morgan fingerprint density at radius 2 is 2.06 bits per heavy atom. The number of hydrogen-bond donors (Lipinski definition) is 1. The minimum atomic E-state index is -0.318. The van der Waals surface area contributed by atoms with Crippen LogP contribution in [-0.4, -0.2) is 17.5 Å². The Balaban J connectivity index is 1.88. The van der Waals surface area contributed by atoms with Crippen LogP contribution < -0.4 is 10.1 Å². The lowest BCUT2D eigenvalue weighted by Gasteiger charge is -2.07. The molecule has 1 N–H and O–H groups in total. The first kappa shape index (κ1) is 10.8. The molecule has 1 aliphatic rings. The number of benzene rings is 1. The third-order valence-corrected chi connectivity index (χ3v) is 2.95. The van der Waals surface area contributed by atoms with Crippen molar-refractivity contribution in [3.8, 4) is 5.75 Å². The molecule has 1 aromatic heterocycles. The number of hydrogen-bond acceptors (Lipinski definition) is 4. The maximum Gasteiger partial charge on any atom is 0.343 e. The van der Waals surface area contributed by atoms with E-state index in [2.05, 4.69) is 10.3 Å². The van der Waals surface area contributed by atoms with Crippen molar-refractivity contribution in [2.24, 2.45) is 0 Å². The molecule has 0 fully saturated rings. The summed E-state index contributed by atoms with van der Waals surface area (Å²) in [5, 5.41) is 3.24. The van der Waals surface area contributed by atoms with Gasteiger partial charge in [-0.2, -0.15) is 0 Å². The van der Waals surface area contributed by atoms with Crippen molar-refractivity contribution in [2.45, 2.75) is 6.42 Å². The van der Waals surface area contributed by atoms with Gasteiger partial charge >= 0.3 is 5.97 Å². The van der Waals surface area contributed by atoms with Crippen molar-refractivity contribution in [2.75, 3.05) is 11.9 Å². The SMILES string of the molecule is O=C(Oc1ccncc1)c1cccc2c1CCN2. The number of nitrogens with zero attached hydrogens (tertiary/aromatic N) is 1. The number of rotatable bonds is 2. The summed E-state index contributed by atoms with van der Waals surface area (Å²) in [7, 11) is 0. The van der Waals surface area contributed by atoms with Crippen molar-refractivity contribution >= 4 is 11.7 Å². The molecule has 4 heteroatoms. The first-order chi connectivity index (χ1) is 8.84. The van der Waals surface area contributed by atoms with E-state index in [0.29, 0.717) is 11.3 Å². The van der Waals surface area contributed by atoms with Gasteiger partial charge in [-0.05, 0) is 36.2 Å². The van der Waals surface area contributed by atoms with Gasteiger partial charge in [0.05, 0.1) is 5.56 Å². The number of fused-ring (bicyclic) bond motifs is 1. The lowest BCUT2D eigenvalue weighted by Crippen LogP contribution is -2.10. The summed E-state index contributed by atoms with van der Waals surface area (Å²) in [6.45, 7) is 0.870. The normalized spacial score (nSPS) is 12.7. The van der Waals surface area contributed by atoms with E-state index in [1.807, 2.05) is 12.1 Å². The van der Waals surface area contributed by atoms with Gasteiger partial charge in [0.15, 0.2) is 0 Å². The van der Waals surface area contributed by atoms with E-state index >= 15 is 0 Å². The molecule has 18 heavy (non-hydrogen) atoms. The highest BCUT2D eigenvalue weighted by Gasteiger charge is 2.19. The molecule has 0 unspecified atom stereocenters. The van der Waals surface area contributed by atoms with Gasteiger partial charge < -0.3 is 10.1 Å². The zero-order chi connectivity index (χ0) is 12.4. The van der Waals surface area contributed by atoms with E-state index in [-0.39, 0.29) is 5.97 Å². The highest BCUT2D eigenvalue weighted by atomic mass is 16.5. The second kappa shape index (κ2) is 4.49. The van der Waals surface area contributed by atoms with Gasteiger partial charge in [-0.3, -0.25) is 4.98 Å². The molecule has 0 bridgehead atoms. The third kappa shape index (κ3) is 1.93. The fourth-order valence-corrected chi connectivity index (χ4v) is 2.10. The molecule has 1 aromatic carbocycles. The minimum Gasteiger partial charge on any atom is -0.423 e. The van der Waals surface area contributed by atoms with Crippen LogP contribution in [0.25, 0.3) is 0 Å². The van der Waals surface area contributed by atoms with Gasteiger partial charge in [0.25, 0.3) is 0 Å². The Morgan fingerprint density at radius 3 is 2.89 bits per heavy atom. The molecule has 2 heterocycles. The summed E-state index contributed by atoms with van der Waals surface area (Å²) in [5.74, 6) is 0.195. The monoisotopic (exact) mass is 240 g/mol. The largest absolute Gasteiger partial charge is 0.423 e. The fraction of sp³-hybridized carbons (Fsp3) is 0.143. The second-order valence-corrected chi connectivity index (χ2v) is 4.08. The molecule has 1 aliphatic heterocycles. The van der Waals surface area contributed by atoms with Crippen LogP contribution in [0.5, 0.6) is 5.75 Å². The molecule has 0 radical (unpaired) electrons. The molecule has 0 spiro atoms. The van der Waals surface area contributed by atoms with Crippen LogP contribution in [0.1, 0.15) is 15.9 Å². The molecule has 90 valence electrons. The Morgan fingerprint density at radius 1 is 1.22 bits per heavy atom. The number of ether oxygens (including phenoxy) is 1. The summed E-state index contributed by atoms with van der Waals surface area (Å²) in [6, 6.07) is 8.97. The van der Waals surface area contributed by atoms with Crippen LogP contribution >= 0.6 is 0 Å². The van der Waals surface area contributed by atoms with Crippen LogP contribution in [0.15, 0.2) is 42.7 Å². The smallest absolute Gasteiger partial charge is 0.343 e.